The lowest BCUT2D eigenvalue weighted by molar-refractivity contribution is -0.178. The molecule has 2 rings (SSSR count). The van der Waals surface area contributed by atoms with Crippen LogP contribution in [0, 0.1) is 11.8 Å². The Morgan fingerprint density at radius 1 is 0.882 bits per heavy atom. The molecule has 7 nitrogen and oxygen atoms in total. The molecule has 2 atom stereocenters. The SMILES string of the molecule is CC(C)C(=O)OC(OC(=O)NCCC(C(=O)OCc1ccccc1)c1ccc(Cl)cc1)C(C)C. The highest BCUT2D eigenvalue weighted by Gasteiger charge is 2.25. The highest BCUT2D eigenvalue weighted by atomic mass is 35.5. The highest BCUT2D eigenvalue weighted by Crippen LogP contribution is 2.24. The van der Waals surface area contributed by atoms with Gasteiger partial charge in [-0.15, -0.1) is 0 Å². The smallest absolute Gasteiger partial charge is 0.410 e. The van der Waals surface area contributed by atoms with Gasteiger partial charge in [0.2, 0.25) is 0 Å². The monoisotopic (exact) mass is 489 g/mol. The van der Waals surface area contributed by atoms with Gasteiger partial charge in [0.1, 0.15) is 6.61 Å². The number of esters is 2. The average Bonchev–Trinajstić information content (AvgIpc) is 2.81. The van der Waals surface area contributed by atoms with Crippen LogP contribution in [0.15, 0.2) is 54.6 Å². The molecule has 2 aromatic carbocycles. The normalized spacial score (nSPS) is 12.7. The van der Waals surface area contributed by atoms with Crippen molar-refractivity contribution in [1.29, 1.82) is 0 Å². The summed E-state index contributed by atoms with van der Waals surface area (Å²) in [7, 11) is 0. The Bertz CT molecular complexity index is 930. The minimum absolute atomic E-state index is 0.148. The van der Waals surface area contributed by atoms with Crippen LogP contribution < -0.4 is 5.32 Å². The lowest BCUT2D eigenvalue weighted by Crippen LogP contribution is -2.36. The zero-order chi connectivity index (χ0) is 25.1. The van der Waals surface area contributed by atoms with Crippen molar-refractivity contribution in [2.24, 2.45) is 11.8 Å². The molecule has 1 amide bonds. The summed E-state index contributed by atoms with van der Waals surface area (Å²) in [5.74, 6) is -2.03. The molecule has 0 heterocycles. The third-order valence-electron chi connectivity index (χ3n) is 4.95. The maximum absolute atomic E-state index is 12.9. The molecule has 0 bridgehead atoms. The van der Waals surface area contributed by atoms with Crippen LogP contribution in [0.1, 0.15) is 51.2 Å². The van der Waals surface area contributed by atoms with Crippen molar-refractivity contribution in [3.63, 3.8) is 0 Å². The molecule has 184 valence electrons. The van der Waals surface area contributed by atoms with E-state index in [1.165, 1.54) is 0 Å². The number of rotatable bonds is 11. The first kappa shape index (κ1) is 27.2. The zero-order valence-electron chi connectivity index (χ0n) is 20.0. The van der Waals surface area contributed by atoms with Crippen LogP contribution >= 0.6 is 11.6 Å². The molecule has 1 N–H and O–H groups in total. The molecule has 0 fully saturated rings. The van der Waals surface area contributed by atoms with E-state index in [0.29, 0.717) is 5.02 Å². The molecule has 0 aromatic heterocycles. The van der Waals surface area contributed by atoms with Gasteiger partial charge in [-0.05, 0) is 29.7 Å². The second-order valence-corrected chi connectivity index (χ2v) is 8.96. The molecule has 0 spiro atoms. The number of halogens is 1. The maximum atomic E-state index is 12.9. The summed E-state index contributed by atoms with van der Waals surface area (Å²) in [6, 6.07) is 16.3. The van der Waals surface area contributed by atoms with Crippen LogP contribution in [-0.2, 0) is 30.4 Å². The van der Waals surface area contributed by atoms with E-state index < -0.39 is 30.2 Å². The van der Waals surface area contributed by atoms with Gasteiger partial charge in [-0.25, -0.2) is 4.79 Å². The van der Waals surface area contributed by atoms with Crippen LogP contribution in [0.3, 0.4) is 0 Å². The van der Waals surface area contributed by atoms with E-state index in [0.717, 1.165) is 11.1 Å². The summed E-state index contributed by atoms with van der Waals surface area (Å²) in [5, 5.41) is 3.18. The van der Waals surface area contributed by atoms with E-state index in [4.69, 9.17) is 25.8 Å². The Morgan fingerprint density at radius 2 is 1.53 bits per heavy atom. The maximum Gasteiger partial charge on any atom is 0.410 e. The number of amides is 1. The van der Waals surface area contributed by atoms with Crippen molar-refractivity contribution >= 4 is 29.6 Å². The number of nitrogens with one attached hydrogen (secondary N) is 1. The molecule has 0 radical (unpaired) electrons. The minimum Gasteiger partial charge on any atom is -0.460 e. The number of carbonyl (C=O) groups excluding carboxylic acids is 3. The summed E-state index contributed by atoms with van der Waals surface area (Å²) in [4.78, 5) is 37.0. The third kappa shape index (κ3) is 9.06. The number of ether oxygens (including phenoxy) is 3. The van der Waals surface area contributed by atoms with E-state index in [2.05, 4.69) is 5.32 Å². The molecule has 2 unspecified atom stereocenters. The van der Waals surface area contributed by atoms with Gasteiger partial charge >= 0.3 is 18.0 Å². The fraction of sp³-hybridized carbons (Fsp3) is 0.423. The van der Waals surface area contributed by atoms with Gasteiger partial charge in [0.25, 0.3) is 6.29 Å². The second kappa shape index (κ2) is 13.6. The average molecular weight is 490 g/mol. The van der Waals surface area contributed by atoms with Crippen LogP contribution in [-0.4, -0.2) is 30.9 Å². The van der Waals surface area contributed by atoms with Crippen LogP contribution in [0.2, 0.25) is 5.02 Å². The van der Waals surface area contributed by atoms with Crippen LogP contribution in [0.5, 0.6) is 0 Å². The zero-order valence-corrected chi connectivity index (χ0v) is 20.7. The van der Waals surface area contributed by atoms with Crippen molar-refractivity contribution in [3.8, 4) is 0 Å². The van der Waals surface area contributed by atoms with Gasteiger partial charge < -0.3 is 19.5 Å². The lowest BCUT2D eigenvalue weighted by atomic mass is 9.96. The highest BCUT2D eigenvalue weighted by molar-refractivity contribution is 6.30. The Kier molecular flexibility index (Phi) is 10.9. The molecule has 0 saturated heterocycles. The first-order valence-electron chi connectivity index (χ1n) is 11.3. The Balaban J connectivity index is 1.97. The van der Waals surface area contributed by atoms with Crippen LogP contribution in [0.4, 0.5) is 4.79 Å². The van der Waals surface area contributed by atoms with Gasteiger partial charge in [0.15, 0.2) is 0 Å². The van der Waals surface area contributed by atoms with Gasteiger partial charge in [-0.3, -0.25) is 9.59 Å². The van der Waals surface area contributed by atoms with Gasteiger partial charge in [0, 0.05) is 17.5 Å². The standard InChI is InChI=1S/C26H32ClNO6/c1-17(2)23(29)33-25(18(3)4)34-26(31)28-15-14-22(20-10-12-21(27)13-11-20)24(30)32-16-19-8-6-5-7-9-19/h5-13,17-18,22,25H,14-16H2,1-4H3,(H,28,31). The topological polar surface area (TPSA) is 90.9 Å². The Labute approximate surface area is 205 Å². The van der Waals surface area contributed by atoms with E-state index >= 15 is 0 Å². The summed E-state index contributed by atoms with van der Waals surface area (Å²) in [6.45, 7) is 7.27. The fourth-order valence-corrected chi connectivity index (χ4v) is 3.08. The van der Waals surface area contributed by atoms with Crippen molar-refractivity contribution in [3.05, 3.63) is 70.7 Å². The molecule has 34 heavy (non-hydrogen) atoms. The second-order valence-electron chi connectivity index (χ2n) is 8.52. The summed E-state index contributed by atoms with van der Waals surface area (Å²) in [6.07, 6.45) is -1.46. The summed E-state index contributed by atoms with van der Waals surface area (Å²) in [5.41, 5.74) is 1.60. The molecular formula is C26H32ClNO6. The molecule has 0 aliphatic carbocycles. The minimum atomic E-state index is -1.00. The predicted octanol–water partition coefficient (Wildman–Crippen LogP) is 5.46. The van der Waals surface area contributed by atoms with Gasteiger partial charge in [-0.2, -0.15) is 0 Å². The van der Waals surface area contributed by atoms with Gasteiger partial charge in [0.05, 0.1) is 11.8 Å². The molecule has 8 heteroatoms. The molecule has 2 aromatic rings. The Morgan fingerprint density at radius 3 is 2.12 bits per heavy atom. The Hall–Kier alpha value is -3.06. The van der Waals surface area contributed by atoms with E-state index in [1.807, 2.05) is 30.3 Å². The number of alkyl carbamates (subject to hydrolysis) is 1. The van der Waals surface area contributed by atoms with Crippen LogP contribution in [0.25, 0.3) is 0 Å². The number of hydrogen-bond acceptors (Lipinski definition) is 6. The fourth-order valence-electron chi connectivity index (χ4n) is 2.96. The summed E-state index contributed by atoms with van der Waals surface area (Å²) >= 11 is 5.99. The summed E-state index contributed by atoms with van der Waals surface area (Å²) < 4.78 is 16.1. The van der Waals surface area contributed by atoms with Crippen molar-refractivity contribution in [2.75, 3.05) is 6.54 Å². The van der Waals surface area contributed by atoms with E-state index in [-0.39, 0.29) is 31.4 Å². The van der Waals surface area contributed by atoms with E-state index in [9.17, 15) is 14.4 Å². The van der Waals surface area contributed by atoms with E-state index in [1.54, 1.807) is 52.0 Å². The molecular weight excluding hydrogens is 458 g/mol. The molecule has 0 aliphatic rings. The number of carbonyl (C=O) groups is 3. The number of benzene rings is 2. The van der Waals surface area contributed by atoms with Crippen molar-refractivity contribution < 1.29 is 28.6 Å². The first-order valence-corrected chi connectivity index (χ1v) is 11.7. The first-order chi connectivity index (χ1) is 16.2. The molecule has 0 saturated carbocycles. The van der Waals surface area contributed by atoms with Crippen molar-refractivity contribution in [1.82, 2.24) is 5.32 Å². The van der Waals surface area contributed by atoms with Gasteiger partial charge in [-0.1, -0.05) is 81.8 Å². The number of hydrogen-bond donors (Lipinski definition) is 1. The largest absolute Gasteiger partial charge is 0.460 e. The predicted molar refractivity (Wildman–Crippen MR) is 129 cm³/mol. The quantitative estimate of drug-likeness (QED) is 0.332. The molecule has 0 aliphatic heterocycles. The lowest BCUT2D eigenvalue weighted by Gasteiger charge is -2.23. The third-order valence-corrected chi connectivity index (χ3v) is 5.21. The van der Waals surface area contributed by atoms with Crippen molar-refractivity contribution in [2.45, 2.75) is 52.9 Å².